The molecule has 18 heavy (non-hydrogen) atoms. The monoisotopic (exact) mass is 233 g/mol. The lowest BCUT2D eigenvalue weighted by molar-refractivity contribution is 1.32. The fourth-order valence-corrected chi connectivity index (χ4v) is 1.76. The average molecular weight is 233 g/mol. The second kappa shape index (κ2) is 4.27. The Morgan fingerprint density at radius 2 is 2.00 bits per heavy atom. The molecule has 86 valence electrons. The fourth-order valence-electron chi connectivity index (χ4n) is 1.76. The van der Waals surface area contributed by atoms with E-state index in [1.54, 1.807) is 6.20 Å². The summed E-state index contributed by atoms with van der Waals surface area (Å²) in [5, 5.41) is 1.06. The Morgan fingerprint density at radius 3 is 2.89 bits per heavy atom. The van der Waals surface area contributed by atoms with E-state index in [1.165, 1.54) is 0 Å². The summed E-state index contributed by atoms with van der Waals surface area (Å²) in [7, 11) is 0. The van der Waals surface area contributed by atoms with Crippen molar-refractivity contribution in [3.05, 3.63) is 59.9 Å². The van der Waals surface area contributed by atoms with Crippen molar-refractivity contribution in [3.8, 4) is 11.8 Å². The first kappa shape index (κ1) is 10.4. The molecule has 3 aromatic rings. The predicted octanol–water partition coefficient (Wildman–Crippen LogP) is 2.54. The van der Waals surface area contributed by atoms with E-state index >= 15 is 0 Å². The molecule has 0 amide bonds. The first-order valence-electron chi connectivity index (χ1n) is 5.62. The van der Waals surface area contributed by atoms with Crippen molar-refractivity contribution in [2.75, 3.05) is 5.73 Å². The predicted molar refractivity (Wildman–Crippen MR) is 72.9 cm³/mol. The SMILES string of the molecule is Nc1ccccc1C#Cc1cnc2[nH]ccc2c1. The standard InChI is InChI=1S/C15H11N3/c16-14-4-2-1-3-12(14)6-5-11-9-13-7-8-17-15(13)18-10-11/h1-4,7-10H,16H2,(H,17,18). The first-order chi connectivity index (χ1) is 8.83. The molecule has 0 aliphatic rings. The summed E-state index contributed by atoms with van der Waals surface area (Å²) in [5.41, 5.74) is 9.12. The normalized spacial score (nSPS) is 10.0. The van der Waals surface area contributed by atoms with Crippen LogP contribution in [0.1, 0.15) is 11.1 Å². The lowest BCUT2D eigenvalue weighted by Crippen LogP contribution is -1.88. The molecular formula is C15H11N3. The van der Waals surface area contributed by atoms with Crippen molar-refractivity contribution in [1.29, 1.82) is 0 Å². The van der Waals surface area contributed by atoms with Crippen LogP contribution in [0.5, 0.6) is 0 Å². The molecule has 3 heteroatoms. The number of aromatic nitrogens is 2. The van der Waals surface area contributed by atoms with E-state index in [9.17, 15) is 0 Å². The second-order valence-corrected chi connectivity index (χ2v) is 3.98. The number of nitrogen functional groups attached to an aromatic ring is 1. The highest BCUT2D eigenvalue weighted by Crippen LogP contribution is 2.12. The summed E-state index contributed by atoms with van der Waals surface area (Å²) >= 11 is 0. The Balaban J connectivity index is 2.00. The van der Waals surface area contributed by atoms with Gasteiger partial charge in [0.15, 0.2) is 0 Å². The summed E-state index contributed by atoms with van der Waals surface area (Å²) in [4.78, 5) is 7.34. The van der Waals surface area contributed by atoms with E-state index in [4.69, 9.17) is 5.73 Å². The number of hydrogen-bond donors (Lipinski definition) is 2. The van der Waals surface area contributed by atoms with Gasteiger partial charge in [0.2, 0.25) is 0 Å². The molecule has 0 aliphatic carbocycles. The Kier molecular flexibility index (Phi) is 2.47. The highest BCUT2D eigenvalue weighted by atomic mass is 14.8. The summed E-state index contributed by atoms with van der Waals surface area (Å²) in [6, 6.07) is 11.6. The number of para-hydroxylation sites is 1. The highest BCUT2D eigenvalue weighted by molar-refractivity contribution is 5.76. The Labute approximate surface area is 105 Å². The van der Waals surface area contributed by atoms with Gasteiger partial charge in [-0.05, 0) is 24.3 Å². The molecule has 2 aromatic heterocycles. The zero-order valence-corrected chi connectivity index (χ0v) is 9.64. The van der Waals surface area contributed by atoms with Gasteiger partial charge in [0.1, 0.15) is 5.65 Å². The number of fused-ring (bicyclic) bond motifs is 1. The maximum absolute atomic E-state index is 5.84. The van der Waals surface area contributed by atoms with Crippen LogP contribution in [0.3, 0.4) is 0 Å². The highest BCUT2D eigenvalue weighted by Gasteiger charge is 1.96. The number of nitrogens with one attached hydrogen (secondary N) is 1. The fraction of sp³-hybridized carbons (Fsp3) is 0. The summed E-state index contributed by atoms with van der Waals surface area (Å²) in [6.45, 7) is 0. The van der Waals surface area contributed by atoms with Crippen molar-refractivity contribution < 1.29 is 0 Å². The van der Waals surface area contributed by atoms with Crippen LogP contribution in [-0.2, 0) is 0 Å². The summed E-state index contributed by atoms with van der Waals surface area (Å²) in [6.07, 6.45) is 3.62. The Morgan fingerprint density at radius 1 is 1.11 bits per heavy atom. The molecule has 0 aliphatic heterocycles. The third-order valence-corrected chi connectivity index (χ3v) is 2.70. The molecule has 1 aromatic carbocycles. The molecule has 0 saturated heterocycles. The van der Waals surface area contributed by atoms with Gasteiger partial charge in [-0.1, -0.05) is 24.0 Å². The van der Waals surface area contributed by atoms with E-state index in [2.05, 4.69) is 21.8 Å². The maximum atomic E-state index is 5.84. The summed E-state index contributed by atoms with van der Waals surface area (Å²) < 4.78 is 0. The van der Waals surface area contributed by atoms with Crippen molar-refractivity contribution in [1.82, 2.24) is 9.97 Å². The maximum Gasteiger partial charge on any atom is 0.137 e. The number of hydrogen-bond acceptors (Lipinski definition) is 2. The van der Waals surface area contributed by atoms with Gasteiger partial charge in [-0.2, -0.15) is 0 Å². The number of nitrogens with two attached hydrogens (primary N) is 1. The lowest BCUT2D eigenvalue weighted by Gasteiger charge is -1.95. The number of aromatic amines is 1. The Hall–Kier alpha value is -2.73. The minimum Gasteiger partial charge on any atom is -0.398 e. The quantitative estimate of drug-likeness (QED) is 0.463. The van der Waals surface area contributed by atoms with Gasteiger partial charge < -0.3 is 10.7 Å². The van der Waals surface area contributed by atoms with Crippen LogP contribution in [0.4, 0.5) is 5.69 Å². The van der Waals surface area contributed by atoms with Crippen LogP contribution in [-0.4, -0.2) is 9.97 Å². The number of rotatable bonds is 0. The third-order valence-electron chi connectivity index (χ3n) is 2.70. The largest absolute Gasteiger partial charge is 0.398 e. The number of H-pyrrole nitrogens is 1. The zero-order chi connectivity index (χ0) is 12.4. The van der Waals surface area contributed by atoms with Gasteiger partial charge in [0.05, 0.1) is 0 Å². The molecule has 3 rings (SSSR count). The van der Waals surface area contributed by atoms with Crippen LogP contribution in [0.15, 0.2) is 48.8 Å². The minimum absolute atomic E-state index is 0.695. The number of pyridine rings is 1. The molecule has 0 bridgehead atoms. The third kappa shape index (κ3) is 1.92. The van der Waals surface area contributed by atoms with Crippen LogP contribution < -0.4 is 5.73 Å². The molecular weight excluding hydrogens is 222 g/mol. The number of benzene rings is 1. The molecule has 3 nitrogen and oxygen atoms in total. The van der Waals surface area contributed by atoms with Gasteiger partial charge in [-0.25, -0.2) is 4.98 Å². The van der Waals surface area contributed by atoms with Crippen LogP contribution in [0.2, 0.25) is 0 Å². The lowest BCUT2D eigenvalue weighted by atomic mass is 10.1. The van der Waals surface area contributed by atoms with Crippen LogP contribution in [0, 0.1) is 11.8 Å². The van der Waals surface area contributed by atoms with E-state index in [1.807, 2.05) is 42.6 Å². The van der Waals surface area contributed by atoms with Crippen molar-refractivity contribution in [3.63, 3.8) is 0 Å². The topological polar surface area (TPSA) is 54.7 Å². The van der Waals surface area contributed by atoms with Crippen molar-refractivity contribution in [2.45, 2.75) is 0 Å². The molecule has 0 spiro atoms. The Bertz CT molecular complexity index is 760. The van der Waals surface area contributed by atoms with Gasteiger partial charge >= 0.3 is 0 Å². The van der Waals surface area contributed by atoms with E-state index in [0.29, 0.717) is 5.69 Å². The molecule has 0 radical (unpaired) electrons. The van der Waals surface area contributed by atoms with Crippen molar-refractivity contribution >= 4 is 16.7 Å². The molecule has 2 heterocycles. The van der Waals surface area contributed by atoms with Crippen LogP contribution >= 0.6 is 0 Å². The van der Waals surface area contributed by atoms with E-state index in [0.717, 1.165) is 22.2 Å². The van der Waals surface area contributed by atoms with Crippen molar-refractivity contribution in [2.24, 2.45) is 0 Å². The average Bonchev–Trinajstić information content (AvgIpc) is 2.85. The van der Waals surface area contributed by atoms with Gasteiger partial charge in [-0.3, -0.25) is 0 Å². The molecule has 0 unspecified atom stereocenters. The van der Waals surface area contributed by atoms with Gasteiger partial charge in [0.25, 0.3) is 0 Å². The minimum atomic E-state index is 0.695. The number of anilines is 1. The van der Waals surface area contributed by atoms with E-state index < -0.39 is 0 Å². The van der Waals surface area contributed by atoms with Gasteiger partial charge in [0, 0.05) is 34.6 Å². The van der Waals surface area contributed by atoms with Gasteiger partial charge in [-0.15, -0.1) is 0 Å². The first-order valence-corrected chi connectivity index (χ1v) is 5.62. The molecule has 0 atom stereocenters. The second-order valence-electron chi connectivity index (χ2n) is 3.98. The van der Waals surface area contributed by atoms with Crippen LogP contribution in [0.25, 0.3) is 11.0 Å². The molecule has 3 N–H and O–H groups in total. The number of nitrogens with zero attached hydrogens (tertiary/aromatic N) is 1. The smallest absolute Gasteiger partial charge is 0.137 e. The molecule has 0 fully saturated rings. The van der Waals surface area contributed by atoms with E-state index in [-0.39, 0.29) is 0 Å². The zero-order valence-electron chi connectivity index (χ0n) is 9.64. The molecule has 0 saturated carbocycles. The summed E-state index contributed by atoms with van der Waals surface area (Å²) in [5.74, 6) is 6.14.